The van der Waals surface area contributed by atoms with Crippen LogP contribution in [-0.2, 0) is 16.6 Å². The highest BCUT2D eigenvalue weighted by Crippen LogP contribution is 2.67. The van der Waals surface area contributed by atoms with Crippen LogP contribution < -0.4 is 14.4 Å². The zero-order valence-corrected chi connectivity index (χ0v) is 19.8. The molecule has 2 heterocycles. The van der Waals surface area contributed by atoms with E-state index in [1.165, 1.54) is 13.3 Å². The van der Waals surface area contributed by atoms with Crippen molar-refractivity contribution in [2.75, 3.05) is 19.1 Å². The second kappa shape index (κ2) is 7.76. The summed E-state index contributed by atoms with van der Waals surface area (Å²) in [7, 11) is -0.229. The lowest BCUT2D eigenvalue weighted by atomic mass is 9.90. The zero-order chi connectivity index (χ0) is 21.7. The van der Waals surface area contributed by atoms with Gasteiger partial charge in [-0.3, -0.25) is 0 Å². The van der Waals surface area contributed by atoms with Crippen molar-refractivity contribution in [2.45, 2.75) is 57.5 Å². The van der Waals surface area contributed by atoms with Gasteiger partial charge in [0.1, 0.15) is 9.90 Å². The number of ether oxygens (including phenoxy) is 1. The fraction of sp³-hybridized carbons (Fsp3) is 0.619. The molecule has 2 saturated carbocycles. The van der Waals surface area contributed by atoms with Crippen LogP contribution in [0.25, 0.3) is 0 Å². The van der Waals surface area contributed by atoms with Crippen LogP contribution in [0.3, 0.4) is 0 Å². The first-order valence-corrected chi connectivity index (χ1v) is 12.7. The summed E-state index contributed by atoms with van der Waals surface area (Å²) in [5.74, 6) is 2.07. The number of aryl methyl sites for hydroxylation is 1. The van der Waals surface area contributed by atoms with Crippen LogP contribution in [0, 0.1) is 24.2 Å². The van der Waals surface area contributed by atoms with Crippen LogP contribution >= 0.6 is 11.3 Å². The van der Waals surface area contributed by atoms with Crippen molar-refractivity contribution in [1.82, 2.24) is 14.7 Å². The number of aromatic nitrogens is 2. The van der Waals surface area contributed by atoms with Gasteiger partial charge in [0.15, 0.2) is 11.6 Å². The molecule has 164 valence electrons. The van der Waals surface area contributed by atoms with Crippen molar-refractivity contribution in [2.24, 2.45) is 17.3 Å². The molecular formula is C21H30N4O3S2. The number of fused-ring (bicyclic) bond motifs is 1. The summed E-state index contributed by atoms with van der Waals surface area (Å²) in [6.07, 6.45) is 4.55. The van der Waals surface area contributed by atoms with Crippen molar-refractivity contribution < 1.29 is 13.2 Å². The van der Waals surface area contributed by atoms with Gasteiger partial charge in [-0.1, -0.05) is 13.8 Å². The number of hydrogen-bond acceptors (Lipinski definition) is 7. The van der Waals surface area contributed by atoms with E-state index in [2.05, 4.69) is 28.5 Å². The van der Waals surface area contributed by atoms with E-state index in [0.717, 1.165) is 30.0 Å². The number of sulfonamides is 1. The average molecular weight is 451 g/mol. The molecule has 7 nitrogen and oxygen atoms in total. The van der Waals surface area contributed by atoms with Crippen molar-refractivity contribution >= 4 is 27.2 Å². The van der Waals surface area contributed by atoms with Crippen molar-refractivity contribution in [1.29, 1.82) is 0 Å². The number of rotatable bonds is 8. The molecule has 0 radical (unpaired) electrons. The van der Waals surface area contributed by atoms with Gasteiger partial charge in [-0.05, 0) is 43.4 Å². The summed E-state index contributed by atoms with van der Waals surface area (Å²) < 4.78 is 34.5. The Morgan fingerprint density at radius 3 is 2.77 bits per heavy atom. The molecule has 30 heavy (non-hydrogen) atoms. The van der Waals surface area contributed by atoms with Gasteiger partial charge in [-0.15, -0.1) is 11.3 Å². The van der Waals surface area contributed by atoms with Crippen LogP contribution in [0.2, 0.25) is 0 Å². The van der Waals surface area contributed by atoms with Gasteiger partial charge < -0.3 is 9.64 Å². The molecule has 0 amide bonds. The molecule has 3 atom stereocenters. The number of nitrogens with zero attached hydrogens (tertiary/aromatic N) is 3. The quantitative estimate of drug-likeness (QED) is 0.662. The van der Waals surface area contributed by atoms with Gasteiger partial charge in [0.2, 0.25) is 10.0 Å². The summed E-state index contributed by atoms with van der Waals surface area (Å²) in [6.45, 7) is 7.03. The summed E-state index contributed by atoms with van der Waals surface area (Å²) >= 11 is 1.59. The molecule has 0 aliphatic heterocycles. The van der Waals surface area contributed by atoms with E-state index in [1.807, 2.05) is 24.3 Å². The second-order valence-electron chi connectivity index (χ2n) is 8.90. The Kier molecular flexibility index (Phi) is 5.57. The molecule has 0 bridgehead atoms. The Labute approximate surface area is 182 Å². The van der Waals surface area contributed by atoms with Gasteiger partial charge >= 0.3 is 0 Å². The highest BCUT2D eigenvalue weighted by Gasteiger charge is 2.63. The number of hydrogen-bond donors (Lipinski definition) is 1. The Balaban J connectivity index is 1.50. The third-order valence-corrected chi connectivity index (χ3v) is 9.19. The number of methoxy groups -OCH3 is 1. The number of anilines is 1. The fourth-order valence-corrected chi connectivity index (χ4v) is 7.02. The average Bonchev–Trinajstić information content (AvgIpc) is 3.17. The van der Waals surface area contributed by atoms with Gasteiger partial charge in [0, 0.05) is 36.4 Å². The molecule has 0 unspecified atom stereocenters. The van der Waals surface area contributed by atoms with Gasteiger partial charge in [0.25, 0.3) is 0 Å². The molecule has 2 fully saturated rings. The van der Waals surface area contributed by atoms with Crippen LogP contribution in [0.4, 0.5) is 5.82 Å². The van der Waals surface area contributed by atoms with E-state index < -0.39 is 10.0 Å². The highest BCUT2D eigenvalue weighted by molar-refractivity contribution is 7.89. The summed E-state index contributed by atoms with van der Waals surface area (Å²) in [5.41, 5.74) is 1.32. The Hall–Kier alpha value is -1.71. The van der Waals surface area contributed by atoms with Crippen molar-refractivity contribution in [3.63, 3.8) is 0 Å². The Morgan fingerprint density at radius 2 is 2.20 bits per heavy atom. The van der Waals surface area contributed by atoms with E-state index in [1.54, 1.807) is 17.4 Å². The summed E-state index contributed by atoms with van der Waals surface area (Å²) in [5, 5.41) is 2.97. The minimum Gasteiger partial charge on any atom is -0.493 e. The third kappa shape index (κ3) is 3.83. The predicted octanol–water partition coefficient (Wildman–Crippen LogP) is 3.59. The lowest BCUT2D eigenvalue weighted by molar-refractivity contribution is 0.342. The number of pyridine rings is 1. The van der Waals surface area contributed by atoms with Crippen molar-refractivity contribution in [3.8, 4) is 5.75 Å². The normalized spacial score (nSPS) is 25.4. The number of nitrogens with one attached hydrogen (secondary N) is 1. The van der Waals surface area contributed by atoms with E-state index >= 15 is 0 Å². The van der Waals surface area contributed by atoms with E-state index in [-0.39, 0.29) is 10.9 Å². The monoisotopic (exact) mass is 450 g/mol. The SMILES string of the molecule is COc1cc(S(=O)(=O)N[C@@H]2CC[C@]3(C(C)C)C[C@H]23)cnc1N(C)Cc1nc(C)cs1. The summed E-state index contributed by atoms with van der Waals surface area (Å²) in [6, 6.07) is 1.57. The minimum atomic E-state index is -3.65. The topological polar surface area (TPSA) is 84.4 Å². The van der Waals surface area contributed by atoms with Crippen LogP contribution in [0.15, 0.2) is 22.5 Å². The second-order valence-corrected chi connectivity index (χ2v) is 11.6. The van der Waals surface area contributed by atoms with Crippen LogP contribution in [0.1, 0.15) is 43.8 Å². The lowest BCUT2D eigenvalue weighted by Crippen LogP contribution is -2.35. The van der Waals surface area contributed by atoms with Gasteiger partial charge in [-0.2, -0.15) is 0 Å². The van der Waals surface area contributed by atoms with E-state index in [0.29, 0.717) is 35.4 Å². The Morgan fingerprint density at radius 1 is 1.43 bits per heavy atom. The molecule has 4 rings (SSSR count). The summed E-state index contributed by atoms with van der Waals surface area (Å²) in [4.78, 5) is 11.0. The molecular weight excluding hydrogens is 420 g/mol. The van der Waals surface area contributed by atoms with Crippen molar-refractivity contribution in [3.05, 3.63) is 28.3 Å². The molecule has 9 heteroatoms. The first-order chi connectivity index (χ1) is 14.2. The largest absolute Gasteiger partial charge is 0.493 e. The smallest absolute Gasteiger partial charge is 0.242 e. The van der Waals surface area contributed by atoms with E-state index in [9.17, 15) is 8.42 Å². The molecule has 0 aromatic carbocycles. The van der Waals surface area contributed by atoms with E-state index in [4.69, 9.17) is 4.74 Å². The molecule has 0 saturated heterocycles. The maximum Gasteiger partial charge on any atom is 0.242 e. The fourth-order valence-electron chi connectivity index (χ4n) is 4.92. The van der Waals surface area contributed by atoms with Gasteiger partial charge in [-0.25, -0.2) is 23.1 Å². The van der Waals surface area contributed by atoms with Gasteiger partial charge in [0.05, 0.1) is 13.7 Å². The molecule has 2 aromatic heterocycles. The molecule has 0 spiro atoms. The predicted molar refractivity (Wildman–Crippen MR) is 118 cm³/mol. The maximum atomic E-state index is 13.0. The first-order valence-electron chi connectivity index (χ1n) is 10.3. The Bertz CT molecular complexity index is 1040. The van der Waals surface area contributed by atoms with Crippen LogP contribution in [-0.4, -0.2) is 38.6 Å². The zero-order valence-electron chi connectivity index (χ0n) is 18.2. The minimum absolute atomic E-state index is 0.0129. The maximum absolute atomic E-state index is 13.0. The molecule has 2 aromatic rings. The molecule has 2 aliphatic carbocycles. The molecule has 1 N–H and O–H groups in total. The third-order valence-electron chi connectivity index (χ3n) is 6.78. The highest BCUT2D eigenvalue weighted by atomic mass is 32.2. The number of thiazole rings is 1. The molecule has 2 aliphatic rings. The van der Waals surface area contributed by atoms with Crippen LogP contribution in [0.5, 0.6) is 5.75 Å². The lowest BCUT2D eigenvalue weighted by Gasteiger charge is -2.20. The standard InChI is InChI=1S/C21H30N4O3S2/c1-13(2)21-7-6-17(16(21)9-21)24-30(26,27)15-8-18(28-5)20(22-10-15)25(4)11-19-23-14(3)12-29-19/h8,10,12-13,16-17,24H,6-7,9,11H2,1-5H3/t16-,17-,21-/m1/s1. The first kappa shape index (κ1) is 21.5.